The van der Waals surface area contributed by atoms with Crippen LogP contribution >= 0.6 is 0 Å². The number of ether oxygens (including phenoxy) is 3. The zero-order chi connectivity index (χ0) is 18.2. The Labute approximate surface area is 149 Å². The minimum Gasteiger partial charge on any atom is -0.497 e. The van der Waals surface area contributed by atoms with Gasteiger partial charge in [-0.2, -0.15) is 0 Å². The number of nitrogens with one attached hydrogen (secondary N) is 1. The van der Waals surface area contributed by atoms with Crippen LogP contribution in [0.5, 0.6) is 11.5 Å². The van der Waals surface area contributed by atoms with Gasteiger partial charge in [0.2, 0.25) is 0 Å². The highest BCUT2D eigenvalue weighted by Gasteiger charge is 2.51. The molecule has 0 saturated carbocycles. The average Bonchev–Trinajstić information content (AvgIpc) is 3.17. The smallest absolute Gasteiger partial charge is 0.318 e. The van der Waals surface area contributed by atoms with Crippen molar-refractivity contribution in [3.63, 3.8) is 0 Å². The van der Waals surface area contributed by atoms with Crippen LogP contribution in [0.1, 0.15) is 32.4 Å². The highest BCUT2D eigenvalue weighted by Crippen LogP contribution is 2.43. The maximum Gasteiger partial charge on any atom is 0.318 e. The summed E-state index contributed by atoms with van der Waals surface area (Å²) < 4.78 is 16.3. The summed E-state index contributed by atoms with van der Waals surface area (Å²) in [5.74, 6) is 1.84. The summed E-state index contributed by atoms with van der Waals surface area (Å²) in [7, 11) is 3.24. The van der Waals surface area contributed by atoms with Crippen LogP contribution < -0.4 is 14.8 Å². The monoisotopic (exact) mass is 348 g/mol. The molecule has 2 heterocycles. The van der Waals surface area contributed by atoms with E-state index in [1.807, 2.05) is 30.0 Å². The van der Waals surface area contributed by atoms with Crippen molar-refractivity contribution in [2.24, 2.45) is 11.3 Å². The van der Waals surface area contributed by atoms with Crippen molar-refractivity contribution < 1.29 is 19.0 Å². The van der Waals surface area contributed by atoms with Gasteiger partial charge in [0.1, 0.15) is 11.5 Å². The number of nitrogens with zero attached hydrogens (tertiary/aromatic N) is 1. The van der Waals surface area contributed by atoms with Gasteiger partial charge in [0.05, 0.1) is 39.5 Å². The molecule has 0 bridgehead atoms. The standard InChI is InChI=1S/C19H28N2O4/c1-12(14-7-6-13(23-4)8-17(14)24-5)20-18(22)21-11-19(2,3)15-9-25-10-16(15)21/h6-8,12,15-16H,9-11H2,1-5H3,(H,20,22)/t12-,15-,16+/m1/s1. The Balaban J connectivity index is 1.73. The topological polar surface area (TPSA) is 60.0 Å². The van der Waals surface area contributed by atoms with Crippen LogP contribution in [0.15, 0.2) is 18.2 Å². The summed E-state index contributed by atoms with van der Waals surface area (Å²) in [6.45, 7) is 8.51. The number of amides is 2. The number of carbonyl (C=O) groups excluding carboxylic acids is 1. The predicted molar refractivity (Wildman–Crippen MR) is 95.1 cm³/mol. The van der Waals surface area contributed by atoms with Crippen molar-refractivity contribution in [3.05, 3.63) is 23.8 Å². The van der Waals surface area contributed by atoms with Gasteiger partial charge in [0.15, 0.2) is 0 Å². The Bertz CT molecular complexity index is 646. The molecule has 1 N–H and O–H groups in total. The summed E-state index contributed by atoms with van der Waals surface area (Å²) in [6, 6.07) is 5.59. The van der Waals surface area contributed by atoms with Gasteiger partial charge in [-0.1, -0.05) is 13.8 Å². The highest BCUT2D eigenvalue weighted by molar-refractivity contribution is 5.76. The number of benzene rings is 1. The third-order valence-corrected chi connectivity index (χ3v) is 5.54. The molecular formula is C19H28N2O4. The number of hydrogen-bond donors (Lipinski definition) is 1. The molecule has 2 saturated heterocycles. The van der Waals surface area contributed by atoms with E-state index in [1.54, 1.807) is 14.2 Å². The van der Waals surface area contributed by atoms with Crippen molar-refractivity contribution in [2.75, 3.05) is 34.0 Å². The minimum atomic E-state index is -0.169. The summed E-state index contributed by atoms with van der Waals surface area (Å²) in [5.41, 5.74) is 1.01. The molecule has 0 unspecified atom stereocenters. The van der Waals surface area contributed by atoms with Crippen LogP contribution in [-0.4, -0.2) is 51.0 Å². The summed E-state index contributed by atoms with van der Waals surface area (Å²) >= 11 is 0. The molecular weight excluding hydrogens is 320 g/mol. The van der Waals surface area contributed by atoms with Gasteiger partial charge in [-0.15, -0.1) is 0 Å². The Kier molecular flexibility index (Phi) is 4.82. The second kappa shape index (κ2) is 6.75. The zero-order valence-electron chi connectivity index (χ0n) is 15.7. The maximum absolute atomic E-state index is 12.9. The largest absolute Gasteiger partial charge is 0.497 e. The number of urea groups is 1. The number of carbonyl (C=O) groups is 1. The number of methoxy groups -OCH3 is 2. The van der Waals surface area contributed by atoms with Gasteiger partial charge in [0, 0.05) is 24.1 Å². The lowest BCUT2D eigenvalue weighted by atomic mass is 9.80. The van der Waals surface area contributed by atoms with E-state index in [-0.39, 0.29) is 23.5 Å². The van der Waals surface area contributed by atoms with E-state index in [1.165, 1.54) is 0 Å². The van der Waals surface area contributed by atoms with E-state index < -0.39 is 0 Å². The zero-order valence-corrected chi connectivity index (χ0v) is 15.7. The maximum atomic E-state index is 12.9. The molecule has 3 rings (SSSR count). The van der Waals surface area contributed by atoms with Crippen LogP contribution in [0.25, 0.3) is 0 Å². The highest BCUT2D eigenvalue weighted by atomic mass is 16.5. The van der Waals surface area contributed by atoms with Crippen molar-refractivity contribution in [3.8, 4) is 11.5 Å². The predicted octanol–water partition coefficient (Wildman–Crippen LogP) is 2.83. The summed E-state index contributed by atoms with van der Waals surface area (Å²) in [4.78, 5) is 14.8. The van der Waals surface area contributed by atoms with E-state index in [2.05, 4.69) is 19.2 Å². The third kappa shape index (κ3) is 3.27. The Morgan fingerprint density at radius 1 is 1.32 bits per heavy atom. The van der Waals surface area contributed by atoms with Gasteiger partial charge in [-0.25, -0.2) is 4.79 Å². The lowest BCUT2D eigenvalue weighted by molar-refractivity contribution is 0.124. The normalized spacial score (nSPS) is 25.4. The molecule has 1 aromatic rings. The second-order valence-electron chi connectivity index (χ2n) is 7.61. The number of likely N-dealkylation sites (tertiary alicyclic amines) is 1. The molecule has 0 aromatic heterocycles. The van der Waals surface area contributed by atoms with Crippen LogP contribution in [0, 0.1) is 11.3 Å². The van der Waals surface area contributed by atoms with E-state index in [0.29, 0.717) is 18.3 Å². The molecule has 2 aliphatic rings. The lowest BCUT2D eigenvalue weighted by Crippen LogP contribution is -2.45. The van der Waals surface area contributed by atoms with Crippen molar-refractivity contribution in [1.82, 2.24) is 10.2 Å². The lowest BCUT2D eigenvalue weighted by Gasteiger charge is -2.26. The number of fused-ring (bicyclic) bond motifs is 1. The van der Waals surface area contributed by atoms with Crippen LogP contribution in [0.2, 0.25) is 0 Å². The Hall–Kier alpha value is -1.95. The number of rotatable bonds is 4. The SMILES string of the molecule is COc1ccc([C@@H](C)NC(=O)N2CC(C)(C)[C@@H]3COC[C@@H]32)c(OC)c1. The van der Waals surface area contributed by atoms with Crippen molar-refractivity contribution in [1.29, 1.82) is 0 Å². The summed E-state index contributed by atoms with van der Waals surface area (Å²) in [6.07, 6.45) is 0. The fraction of sp³-hybridized carbons (Fsp3) is 0.632. The van der Waals surface area contributed by atoms with Gasteiger partial charge in [-0.05, 0) is 24.5 Å². The van der Waals surface area contributed by atoms with Crippen LogP contribution in [0.3, 0.4) is 0 Å². The van der Waals surface area contributed by atoms with E-state index in [9.17, 15) is 4.79 Å². The molecule has 25 heavy (non-hydrogen) atoms. The summed E-state index contributed by atoms with van der Waals surface area (Å²) in [5, 5.41) is 3.11. The van der Waals surface area contributed by atoms with Crippen molar-refractivity contribution in [2.45, 2.75) is 32.9 Å². The van der Waals surface area contributed by atoms with E-state index in [0.717, 1.165) is 24.5 Å². The minimum absolute atomic E-state index is 0.0450. The molecule has 138 valence electrons. The first-order chi connectivity index (χ1) is 11.9. The molecule has 6 heteroatoms. The Morgan fingerprint density at radius 3 is 2.76 bits per heavy atom. The molecule has 6 nitrogen and oxygen atoms in total. The van der Waals surface area contributed by atoms with Gasteiger partial charge in [-0.3, -0.25) is 0 Å². The van der Waals surface area contributed by atoms with E-state index >= 15 is 0 Å². The van der Waals surface area contributed by atoms with Crippen molar-refractivity contribution >= 4 is 6.03 Å². The molecule has 2 aliphatic heterocycles. The fourth-order valence-electron chi connectivity index (χ4n) is 4.01. The molecule has 1 aromatic carbocycles. The molecule has 0 spiro atoms. The van der Waals surface area contributed by atoms with Gasteiger partial charge >= 0.3 is 6.03 Å². The molecule has 3 atom stereocenters. The molecule has 2 amide bonds. The molecule has 0 aliphatic carbocycles. The molecule has 2 fully saturated rings. The second-order valence-corrected chi connectivity index (χ2v) is 7.61. The van der Waals surface area contributed by atoms with Gasteiger partial charge < -0.3 is 24.4 Å². The first kappa shape index (κ1) is 17.9. The molecule has 0 radical (unpaired) electrons. The quantitative estimate of drug-likeness (QED) is 0.909. The Morgan fingerprint density at radius 2 is 2.08 bits per heavy atom. The van der Waals surface area contributed by atoms with Crippen LogP contribution in [-0.2, 0) is 4.74 Å². The first-order valence-electron chi connectivity index (χ1n) is 8.74. The first-order valence-corrected chi connectivity index (χ1v) is 8.74. The number of hydrogen-bond acceptors (Lipinski definition) is 4. The van der Waals surface area contributed by atoms with Crippen LogP contribution in [0.4, 0.5) is 4.79 Å². The van der Waals surface area contributed by atoms with E-state index in [4.69, 9.17) is 14.2 Å². The third-order valence-electron chi connectivity index (χ3n) is 5.54. The van der Waals surface area contributed by atoms with Gasteiger partial charge in [0.25, 0.3) is 0 Å². The average molecular weight is 348 g/mol. The fourth-order valence-corrected chi connectivity index (χ4v) is 4.01.